The minimum absolute atomic E-state index is 0.132. The third kappa shape index (κ3) is 4.39. The van der Waals surface area contributed by atoms with Crippen molar-refractivity contribution in [3.05, 3.63) is 35.9 Å². The van der Waals surface area contributed by atoms with Crippen LogP contribution in [0.1, 0.15) is 24.8 Å². The van der Waals surface area contributed by atoms with Gasteiger partial charge in [-0.2, -0.15) is 5.10 Å². The monoisotopic (exact) mass is 288 g/mol. The van der Waals surface area contributed by atoms with E-state index in [1.807, 2.05) is 30.3 Å². The summed E-state index contributed by atoms with van der Waals surface area (Å²) >= 11 is 0. The average Bonchev–Trinajstić information content (AvgIpc) is 2.52. The molecule has 1 aliphatic rings. The second-order valence-electron chi connectivity index (χ2n) is 4.95. The van der Waals surface area contributed by atoms with Crippen molar-refractivity contribution in [2.45, 2.75) is 25.8 Å². The van der Waals surface area contributed by atoms with E-state index in [1.54, 1.807) is 4.90 Å². The molecule has 1 heterocycles. The predicted molar refractivity (Wildman–Crippen MR) is 80.3 cm³/mol. The number of nitrogens with one attached hydrogen (secondary N) is 1. The lowest BCUT2D eigenvalue weighted by atomic mass is 10.1. The molecule has 6 nitrogen and oxygen atoms in total. The Hall–Kier alpha value is -2.21. The van der Waals surface area contributed by atoms with E-state index >= 15 is 0 Å². The van der Waals surface area contributed by atoms with Crippen molar-refractivity contribution in [1.29, 1.82) is 0 Å². The molecule has 112 valence electrons. The number of nitrogens with two attached hydrogens (primary N) is 1. The number of hydrogen-bond donors (Lipinski definition) is 2. The SMILES string of the molecule is NCCCN(Cc1ccccc1)C(=O)C1=NNC(=O)CC1. The highest BCUT2D eigenvalue weighted by atomic mass is 16.2. The van der Waals surface area contributed by atoms with Crippen LogP contribution in [0.15, 0.2) is 35.4 Å². The van der Waals surface area contributed by atoms with Gasteiger partial charge in [0.2, 0.25) is 5.91 Å². The van der Waals surface area contributed by atoms with Crippen molar-refractivity contribution < 1.29 is 9.59 Å². The van der Waals surface area contributed by atoms with E-state index in [9.17, 15) is 9.59 Å². The van der Waals surface area contributed by atoms with Gasteiger partial charge in [-0.3, -0.25) is 9.59 Å². The van der Waals surface area contributed by atoms with Crippen molar-refractivity contribution in [3.8, 4) is 0 Å². The van der Waals surface area contributed by atoms with Gasteiger partial charge in [-0.05, 0) is 18.5 Å². The fraction of sp³-hybridized carbons (Fsp3) is 0.400. The lowest BCUT2D eigenvalue weighted by Crippen LogP contribution is -2.40. The number of carbonyl (C=O) groups excluding carboxylic acids is 2. The molecule has 2 rings (SSSR count). The topological polar surface area (TPSA) is 87.8 Å². The second-order valence-corrected chi connectivity index (χ2v) is 4.95. The number of rotatable bonds is 6. The van der Waals surface area contributed by atoms with Gasteiger partial charge in [-0.15, -0.1) is 0 Å². The zero-order valence-electron chi connectivity index (χ0n) is 11.9. The summed E-state index contributed by atoms with van der Waals surface area (Å²) in [6, 6.07) is 9.79. The van der Waals surface area contributed by atoms with Crippen molar-refractivity contribution in [3.63, 3.8) is 0 Å². The Balaban J connectivity index is 2.07. The Kier molecular flexibility index (Phi) is 5.45. The molecule has 0 radical (unpaired) electrons. The molecule has 0 saturated heterocycles. The lowest BCUT2D eigenvalue weighted by Gasteiger charge is -2.24. The Labute approximate surface area is 124 Å². The van der Waals surface area contributed by atoms with E-state index in [4.69, 9.17) is 5.73 Å². The molecule has 0 aliphatic carbocycles. The maximum atomic E-state index is 12.5. The number of amides is 2. The summed E-state index contributed by atoms with van der Waals surface area (Å²) in [4.78, 5) is 25.4. The van der Waals surface area contributed by atoms with Crippen LogP contribution >= 0.6 is 0 Å². The molecule has 0 saturated carbocycles. The highest BCUT2D eigenvalue weighted by Crippen LogP contribution is 2.09. The number of hydrogen-bond acceptors (Lipinski definition) is 4. The fourth-order valence-electron chi connectivity index (χ4n) is 2.15. The van der Waals surface area contributed by atoms with E-state index in [-0.39, 0.29) is 11.8 Å². The molecule has 0 aromatic heterocycles. The van der Waals surface area contributed by atoms with E-state index in [1.165, 1.54) is 0 Å². The van der Waals surface area contributed by atoms with Crippen molar-refractivity contribution in [1.82, 2.24) is 10.3 Å². The number of hydrazone groups is 1. The van der Waals surface area contributed by atoms with Gasteiger partial charge in [0.15, 0.2) is 0 Å². The first-order chi connectivity index (χ1) is 10.2. The quantitative estimate of drug-likeness (QED) is 0.804. The Morgan fingerprint density at radius 2 is 2.05 bits per heavy atom. The first-order valence-electron chi connectivity index (χ1n) is 7.09. The third-order valence-corrected chi connectivity index (χ3v) is 3.29. The molecule has 0 bridgehead atoms. The fourth-order valence-corrected chi connectivity index (χ4v) is 2.15. The summed E-state index contributed by atoms with van der Waals surface area (Å²) < 4.78 is 0. The average molecular weight is 288 g/mol. The Morgan fingerprint density at radius 1 is 1.29 bits per heavy atom. The maximum absolute atomic E-state index is 12.5. The summed E-state index contributed by atoms with van der Waals surface area (Å²) in [5, 5.41) is 3.88. The van der Waals surface area contributed by atoms with Gasteiger partial charge in [-0.1, -0.05) is 30.3 Å². The largest absolute Gasteiger partial charge is 0.333 e. The summed E-state index contributed by atoms with van der Waals surface area (Å²) in [7, 11) is 0. The van der Waals surface area contributed by atoms with E-state index in [2.05, 4.69) is 10.5 Å². The van der Waals surface area contributed by atoms with Gasteiger partial charge in [0.05, 0.1) is 0 Å². The number of benzene rings is 1. The smallest absolute Gasteiger partial charge is 0.270 e. The van der Waals surface area contributed by atoms with E-state index < -0.39 is 0 Å². The summed E-state index contributed by atoms with van der Waals surface area (Å²) in [6.07, 6.45) is 1.43. The van der Waals surface area contributed by atoms with E-state index in [0.29, 0.717) is 38.2 Å². The van der Waals surface area contributed by atoms with Crippen molar-refractivity contribution in [2.24, 2.45) is 10.8 Å². The predicted octanol–water partition coefficient (Wildman–Crippen LogP) is 0.630. The van der Waals surface area contributed by atoms with Crippen LogP contribution in [-0.2, 0) is 16.1 Å². The van der Waals surface area contributed by atoms with Gasteiger partial charge in [0, 0.05) is 25.9 Å². The highest BCUT2D eigenvalue weighted by molar-refractivity contribution is 6.39. The van der Waals surface area contributed by atoms with Crippen molar-refractivity contribution in [2.75, 3.05) is 13.1 Å². The molecule has 1 aromatic carbocycles. The minimum Gasteiger partial charge on any atom is -0.333 e. The molecule has 2 amide bonds. The molecular formula is C15H20N4O2. The summed E-state index contributed by atoms with van der Waals surface area (Å²) in [5.74, 6) is -0.282. The van der Waals surface area contributed by atoms with Crippen LogP contribution in [0.2, 0.25) is 0 Å². The van der Waals surface area contributed by atoms with Crippen LogP contribution in [0.4, 0.5) is 0 Å². The van der Waals surface area contributed by atoms with Crippen LogP contribution in [-0.4, -0.2) is 35.5 Å². The summed E-state index contributed by atoms with van der Waals surface area (Å²) in [6.45, 7) is 1.63. The van der Waals surface area contributed by atoms with Gasteiger partial charge in [-0.25, -0.2) is 5.43 Å². The minimum atomic E-state index is -0.150. The molecule has 1 aromatic rings. The second kappa shape index (κ2) is 7.54. The molecule has 0 fully saturated rings. The van der Waals surface area contributed by atoms with Crippen LogP contribution in [0.5, 0.6) is 0 Å². The van der Waals surface area contributed by atoms with Gasteiger partial charge in [0.25, 0.3) is 5.91 Å². The van der Waals surface area contributed by atoms with Gasteiger partial charge in [0.1, 0.15) is 5.71 Å². The Morgan fingerprint density at radius 3 is 2.67 bits per heavy atom. The molecule has 0 atom stereocenters. The maximum Gasteiger partial charge on any atom is 0.270 e. The molecule has 1 aliphatic heterocycles. The van der Waals surface area contributed by atoms with E-state index in [0.717, 1.165) is 12.0 Å². The Bertz CT molecular complexity index is 528. The van der Waals surface area contributed by atoms with Crippen LogP contribution in [0.3, 0.4) is 0 Å². The van der Waals surface area contributed by atoms with Crippen LogP contribution in [0, 0.1) is 0 Å². The number of nitrogens with zero attached hydrogens (tertiary/aromatic N) is 2. The first kappa shape index (κ1) is 15.2. The molecule has 0 spiro atoms. The lowest BCUT2D eigenvalue weighted by molar-refractivity contribution is -0.125. The first-order valence-corrected chi connectivity index (χ1v) is 7.09. The van der Waals surface area contributed by atoms with Crippen molar-refractivity contribution >= 4 is 17.5 Å². The normalized spacial score (nSPS) is 14.3. The zero-order valence-corrected chi connectivity index (χ0v) is 11.9. The molecular weight excluding hydrogens is 268 g/mol. The molecule has 6 heteroatoms. The molecule has 0 unspecified atom stereocenters. The summed E-state index contributed by atoms with van der Waals surface area (Å²) in [5.41, 5.74) is 9.37. The zero-order chi connectivity index (χ0) is 15.1. The molecule has 3 N–H and O–H groups in total. The van der Waals surface area contributed by atoms with Crippen LogP contribution in [0.25, 0.3) is 0 Å². The van der Waals surface area contributed by atoms with Crippen LogP contribution < -0.4 is 11.2 Å². The number of carbonyl (C=O) groups is 2. The van der Waals surface area contributed by atoms with Gasteiger partial charge >= 0.3 is 0 Å². The standard InChI is InChI=1S/C15H20N4O2/c16-9-4-10-19(11-12-5-2-1-3-6-12)15(21)13-7-8-14(20)18-17-13/h1-3,5-6H,4,7-11,16H2,(H,18,20). The van der Waals surface area contributed by atoms with Gasteiger partial charge < -0.3 is 10.6 Å². The highest BCUT2D eigenvalue weighted by Gasteiger charge is 2.23. The molecule has 21 heavy (non-hydrogen) atoms. The third-order valence-electron chi connectivity index (χ3n) is 3.29.